The average Bonchev–Trinajstić information content (AvgIpc) is 3.28. The van der Waals surface area contributed by atoms with E-state index in [0.717, 1.165) is 17.5 Å². The largest absolute Gasteiger partial charge is 0.469 e. The van der Waals surface area contributed by atoms with E-state index in [9.17, 15) is 19.2 Å². The number of carbonyl (C=O) groups excluding carboxylic acids is 4. The van der Waals surface area contributed by atoms with E-state index in [1.807, 2.05) is 24.3 Å². The molecule has 0 aromatic heterocycles. The molecule has 3 aliphatic rings. The number of benzene rings is 2. The van der Waals surface area contributed by atoms with Gasteiger partial charge in [0.2, 0.25) is 11.8 Å². The highest BCUT2D eigenvalue weighted by Gasteiger charge is 2.53. The lowest BCUT2D eigenvalue weighted by Crippen LogP contribution is -2.73. The number of nitrogens with zero attached hydrogens (tertiary/aromatic N) is 3. The molecule has 2 saturated heterocycles. The molecule has 212 valence electrons. The molecule has 0 saturated carbocycles. The summed E-state index contributed by atoms with van der Waals surface area (Å²) in [5.41, 5.74) is 4.67. The Morgan fingerprint density at radius 3 is 2.17 bits per heavy atom. The van der Waals surface area contributed by atoms with Gasteiger partial charge in [-0.15, -0.1) is 0 Å². The maximum Gasteiger partial charge on any atom is 0.411 e. The normalized spacial score (nSPS) is 22.9. The van der Waals surface area contributed by atoms with Gasteiger partial charge in [-0.3, -0.25) is 19.3 Å². The van der Waals surface area contributed by atoms with Gasteiger partial charge in [0.25, 0.3) is 0 Å². The Balaban J connectivity index is 1.52. The van der Waals surface area contributed by atoms with Crippen molar-refractivity contribution in [2.24, 2.45) is 5.92 Å². The Morgan fingerprint density at radius 1 is 0.975 bits per heavy atom. The van der Waals surface area contributed by atoms with Crippen LogP contribution in [-0.4, -0.2) is 84.1 Å². The van der Waals surface area contributed by atoms with Gasteiger partial charge < -0.3 is 19.3 Å². The van der Waals surface area contributed by atoms with Gasteiger partial charge in [-0.25, -0.2) is 4.79 Å². The molecule has 0 spiro atoms. The van der Waals surface area contributed by atoms with Crippen LogP contribution in [0.3, 0.4) is 0 Å². The van der Waals surface area contributed by atoms with Crippen LogP contribution in [0.4, 0.5) is 4.79 Å². The van der Waals surface area contributed by atoms with Crippen LogP contribution < -0.4 is 0 Å². The number of piperazine rings is 1. The van der Waals surface area contributed by atoms with Gasteiger partial charge in [0.15, 0.2) is 0 Å². The van der Waals surface area contributed by atoms with Crippen molar-refractivity contribution in [1.29, 1.82) is 0 Å². The van der Waals surface area contributed by atoms with E-state index in [0.29, 0.717) is 13.0 Å². The van der Waals surface area contributed by atoms with Crippen LogP contribution in [0.25, 0.3) is 11.1 Å². The minimum atomic E-state index is -1.04. The van der Waals surface area contributed by atoms with Crippen molar-refractivity contribution in [3.05, 3.63) is 59.7 Å². The lowest BCUT2D eigenvalue weighted by Gasteiger charge is -2.54. The predicted molar refractivity (Wildman–Crippen MR) is 148 cm³/mol. The molecule has 0 N–H and O–H groups in total. The fraction of sp³-hybridized carbons (Fsp3) is 0.484. The summed E-state index contributed by atoms with van der Waals surface area (Å²) >= 11 is 0. The fourth-order valence-corrected chi connectivity index (χ4v) is 6.58. The Hall–Kier alpha value is -3.88. The van der Waals surface area contributed by atoms with Gasteiger partial charge in [0.05, 0.1) is 27.2 Å². The van der Waals surface area contributed by atoms with Crippen LogP contribution in [0.1, 0.15) is 56.6 Å². The maximum absolute atomic E-state index is 13.8. The number of amides is 3. The second-order valence-electron chi connectivity index (χ2n) is 11.0. The summed E-state index contributed by atoms with van der Waals surface area (Å²) < 4.78 is 10.1. The second-order valence-corrected chi connectivity index (χ2v) is 11.0. The lowest BCUT2D eigenvalue weighted by molar-refractivity contribution is -0.175. The topological polar surface area (TPSA) is 96.5 Å². The number of rotatable bonds is 7. The predicted octanol–water partition coefficient (Wildman–Crippen LogP) is 4.00. The van der Waals surface area contributed by atoms with E-state index >= 15 is 0 Å². The summed E-state index contributed by atoms with van der Waals surface area (Å²) in [6, 6.07) is 15.0. The van der Waals surface area contributed by atoms with Gasteiger partial charge in [-0.1, -0.05) is 68.8 Å². The number of hydrogen-bond acceptors (Lipinski definition) is 6. The first kappa shape index (κ1) is 27.7. The number of esters is 1. The minimum Gasteiger partial charge on any atom is -0.469 e. The van der Waals surface area contributed by atoms with Gasteiger partial charge in [-0.2, -0.15) is 0 Å². The molecule has 5 rings (SSSR count). The number of ether oxygens (including phenoxy) is 2. The second kappa shape index (κ2) is 11.3. The Labute approximate surface area is 235 Å². The molecule has 0 radical (unpaired) electrons. The van der Waals surface area contributed by atoms with E-state index in [1.54, 1.807) is 9.80 Å². The first-order valence-corrected chi connectivity index (χ1v) is 14.0. The first-order valence-electron chi connectivity index (χ1n) is 14.0. The summed E-state index contributed by atoms with van der Waals surface area (Å²) in [4.78, 5) is 57.9. The van der Waals surface area contributed by atoms with Crippen LogP contribution in [0.2, 0.25) is 0 Å². The molecule has 2 aromatic carbocycles. The number of fused-ring (bicyclic) bond motifs is 4. The lowest BCUT2D eigenvalue weighted by atomic mass is 9.86. The standard InChI is InChI=1S/C31H37N3O6/c1-5-19(2)17-32-18-27-33(31(38)40-4)20(15-28(35)34(27)26(30(32)37)16-29(36)39-3)14-25-23-12-8-6-10-21(23)22-11-7-9-13-24(22)25/h6-13,19-20,25-27H,5,14-18H2,1-4H3. The van der Waals surface area contributed by atoms with E-state index in [1.165, 1.54) is 30.2 Å². The number of methoxy groups -OCH3 is 2. The molecule has 9 nitrogen and oxygen atoms in total. The van der Waals surface area contributed by atoms with E-state index in [4.69, 9.17) is 9.47 Å². The molecule has 0 bridgehead atoms. The van der Waals surface area contributed by atoms with Gasteiger partial charge >= 0.3 is 12.1 Å². The molecule has 2 aliphatic heterocycles. The Morgan fingerprint density at radius 2 is 1.60 bits per heavy atom. The molecule has 4 atom stereocenters. The van der Waals surface area contributed by atoms with Crippen molar-refractivity contribution in [3.8, 4) is 11.1 Å². The Bertz CT molecular complexity index is 1270. The van der Waals surface area contributed by atoms with Gasteiger partial charge in [-0.05, 0) is 34.6 Å². The highest BCUT2D eigenvalue weighted by atomic mass is 16.5. The quantitative estimate of drug-likeness (QED) is 0.486. The highest BCUT2D eigenvalue weighted by molar-refractivity contribution is 5.93. The number of carbonyl (C=O) groups is 4. The van der Waals surface area contributed by atoms with Crippen LogP contribution in [0, 0.1) is 5.92 Å². The zero-order chi connectivity index (χ0) is 28.6. The zero-order valence-electron chi connectivity index (χ0n) is 23.5. The minimum absolute atomic E-state index is 0.00351. The molecule has 2 heterocycles. The SMILES string of the molecule is CCC(C)CN1CC2N(C(=O)OC)C(CC3c4ccccc4-c4ccccc43)CC(=O)N2C(CC(=O)OC)C1=O. The van der Waals surface area contributed by atoms with Crippen molar-refractivity contribution >= 4 is 23.9 Å². The van der Waals surface area contributed by atoms with Gasteiger partial charge in [0, 0.05) is 24.9 Å². The van der Waals surface area contributed by atoms with Crippen molar-refractivity contribution in [2.45, 2.75) is 63.7 Å². The van der Waals surface area contributed by atoms with E-state index < -0.39 is 30.3 Å². The van der Waals surface area contributed by atoms with E-state index in [-0.39, 0.29) is 43.0 Å². The summed E-state index contributed by atoms with van der Waals surface area (Å²) in [6.45, 7) is 4.73. The average molecular weight is 548 g/mol. The third-order valence-corrected chi connectivity index (χ3v) is 8.72. The zero-order valence-corrected chi connectivity index (χ0v) is 23.5. The molecular weight excluding hydrogens is 510 g/mol. The van der Waals surface area contributed by atoms with Crippen LogP contribution in [0.5, 0.6) is 0 Å². The monoisotopic (exact) mass is 547 g/mol. The highest BCUT2D eigenvalue weighted by Crippen LogP contribution is 2.48. The summed E-state index contributed by atoms with van der Waals surface area (Å²) in [7, 11) is 2.59. The summed E-state index contributed by atoms with van der Waals surface area (Å²) in [5, 5.41) is 0. The fourth-order valence-electron chi connectivity index (χ4n) is 6.58. The molecule has 3 amide bonds. The molecular formula is C31H37N3O6. The Kier molecular flexibility index (Phi) is 7.83. The molecule has 2 fully saturated rings. The molecule has 2 aromatic rings. The maximum atomic E-state index is 13.8. The molecule has 4 unspecified atom stereocenters. The summed E-state index contributed by atoms with van der Waals surface area (Å²) in [5.74, 6) is -0.919. The van der Waals surface area contributed by atoms with Crippen LogP contribution >= 0.6 is 0 Å². The third-order valence-electron chi connectivity index (χ3n) is 8.72. The van der Waals surface area contributed by atoms with Gasteiger partial charge in [0.1, 0.15) is 12.2 Å². The smallest absolute Gasteiger partial charge is 0.411 e. The van der Waals surface area contributed by atoms with Crippen molar-refractivity contribution in [1.82, 2.24) is 14.7 Å². The van der Waals surface area contributed by atoms with Crippen LogP contribution in [0.15, 0.2) is 48.5 Å². The molecule has 9 heteroatoms. The van der Waals surface area contributed by atoms with E-state index in [2.05, 4.69) is 38.1 Å². The van der Waals surface area contributed by atoms with Crippen molar-refractivity contribution in [3.63, 3.8) is 0 Å². The van der Waals surface area contributed by atoms with Crippen molar-refractivity contribution < 1.29 is 28.7 Å². The summed E-state index contributed by atoms with van der Waals surface area (Å²) in [6.07, 6.45) is -0.146. The molecule has 1 aliphatic carbocycles. The number of hydrogen-bond donors (Lipinski definition) is 0. The van der Waals surface area contributed by atoms with Crippen molar-refractivity contribution in [2.75, 3.05) is 27.3 Å². The molecule has 40 heavy (non-hydrogen) atoms. The van der Waals surface area contributed by atoms with Crippen LogP contribution in [-0.2, 0) is 23.9 Å². The third kappa shape index (κ3) is 4.82. The first-order chi connectivity index (χ1) is 19.3.